The molecule has 0 atom stereocenters. The first-order chi connectivity index (χ1) is 13.6. The molecule has 0 saturated heterocycles. The predicted octanol–water partition coefficient (Wildman–Crippen LogP) is 5.54. The molecule has 1 aliphatic carbocycles. The molecule has 3 aromatic carbocycles. The lowest BCUT2D eigenvalue weighted by Gasteiger charge is -2.12. The van der Waals surface area contributed by atoms with E-state index in [0.717, 1.165) is 44.8 Å². The van der Waals surface area contributed by atoms with Gasteiger partial charge in [-0.1, -0.05) is 12.1 Å². The summed E-state index contributed by atoms with van der Waals surface area (Å²) in [5.74, 6) is 0.128. The number of fused-ring (bicyclic) bond motifs is 3. The number of hydrogen-bond donors (Lipinski definition) is 2. The number of phenolic OH excluding ortho intramolecular Hbond substituents is 2. The zero-order valence-electron chi connectivity index (χ0n) is 14.9. The number of aromatic hydroxyl groups is 2. The van der Waals surface area contributed by atoms with Gasteiger partial charge in [0.05, 0.1) is 11.4 Å². The summed E-state index contributed by atoms with van der Waals surface area (Å²) in [6.45, 7) is 0. The van der Waals surface area contributed by atoms with E-state index in [0.29, 0.717) is 6.42 Å². The van der Waals surface area contributed by atoms with Crippen LogP contribution in [0.2, 0.25) is 0 Å². The summed E-state index contributed by atoms with van der Waals surface area (Å²) in [7, 11) is 0. The normalized spacial score (nSPS) is 11.9. The minimum absolute atomic E-state index is 0.194. The molecular formula is C24H16FNO2. The quantitative estimate of drug-likeness (QED) is 0.430. The van der Waals surface area contributed by atoms with Crippen molar-refractivity contribution in [2.24, 2.45) is 0 Å². The monoisotopic (exact) mass is 369 g/mol. The SMILES string of the molecule is Oc1cccc(-c2cc(-c3ccc(F)cc3)nc3c2Cc2cc(O)ccc2-3)c1. The van der Waals surface area contributed by atoms with Crippen molar-refractivity contribution in [1.29, 1.82) is 0 Å². The molecule has 28 heavy (non-hydrogen) atoms. The summed E-state index contributed by atoms with van der Waals surface area (Å²) in [5.41, 5.74) is 7.32. The molecule has 5 rings (SSSR count). The Morgan fingerprint density at radius 1 is 0.750 bits per heavy atom. The maximum Gasteiger partial charge on any atom is 0.123 e. The molecule has 0 unspecified atom stereocenters. The molecule has 0 aliphatic heterocycles. The van der Waals surface area contributed by atoms with E-state index >= 15 is 0 Å². The van der Waals surface area contributed by atoms with Crippen LogP contribution in [0.4, 0.5) is 4.39 Å². The van der Waals surface area contributed by atoms with Gasteiger partial charge in [-0.05, 0) is 82.9 Å². The molecule has 4 heteroatoms. The third kappa shape index (κ3) is 2.70. The van der Waals surface area contributed by atoms with E-state index in [2.05, 4.69) is 0 Å². The third-order valence-corrected chi connectivity index (χ3v) is 5.13. The first-order valence-corrected chi connectivity index (χ1v) is 9.00. The Balaban J connectivity index is 1.77. The highest BCUT2D eigenvalue weighted by atomic mass is 19.1. The number of halogens is 1. The summed E-state index contributed by atoms with van der Waals surface area (Å²) in [6.07, 6.45) is 0.654. The van der Waals surface area contributed by atoms with Crippen LogP contribution in [0.3, 0.4) is 0 Å². The van der Waals surface area contributed by atoms with Crippen molar-refractivity contribution in [3.63, 3.8) is 0 Å². The second-order valence-electron chi connectivity index (χ2n) is 6.96. The lowest BCUT2D eigenvalue weighted by Crippen LogP contribution is -1.94. The Morgan fingerprint density at radius 3 is 2.32 bits per heavy atom. The van der Waals surface area contributed by atoms with Gasteiger partial charge in [0, 0.05) is 17.5 Å². The Hall–Kier alpha value is -3.66. The molecule has 136 valence electrons. The van der Waals surface area contributed by atoms with Gasteiger partial charge >= 0.3 is 0 Å². The second-order valence-corrected chi connectivity index (χ2v) is 6.96. The second kappa shape index (κ2) is 6.20. The van der Waals surface area contributed by atoms with Crippen LogP contribution in [0, 0.1) is 5.82 Å². The van der Waals surface area contributed by atoms with Crippen molar-refractivity contribution in [2.45, 2.75) is 6.42 Å². The highest BCUT2D eigenvalue weighted by Crippen LogP contribution is 2.43. The van der Waals surface area contributed by atoms with Gasteiger partial charge in [-0.2, -0.15) is 0 Å². The van der Waals surface area contributed by atoms with E-state index in [1.54, 1.807) is 36.4 Å². The third-order valence-electron chi connectivity index (χ3n) is 5.13. The smallest absolute Gasteiger partial charge is 0.123 e. The van der Waals surface area contributed by atoms with Crippen LogP contribution in [0.25, 0.3) is 33.6 Å². The predicted molar refractivity (Wildman–Crippen MR) is 107 cm³/mol. The van der Waals surface area contributed by atoms with Gasteiger partial charge in [0.25, 0.3) is 0 Å². The van der Waals surface area contributed by atoms with Crippen LogP contribution in [0.1, 0.15) is 11.1 Å². The van der Waals surface area contributed by atoms with Gasteiger partial charge in [0.2, 0.25) is 0 Å². The standard InChI is InChI=1S/C24H16FNO2/c25-17-6-4-14(5-7-17)23-13-21(15-2-1-3-18(27)10-15)22-12-16-11-19(28)8-9-20(16)24(22)26-23/h1-11,13,27-28H,12H2. The maximum atomic E-state index is 13.4. The highest BCUT2D eigenvalue weighted by molar-refractivity contribution is 5.86. The first kappa shape index (κ1) is 16.5. The number of phenols is 2. The number of aromatic nitrogens is 1. The number of pyridine rings is 1. The topological polar surface area (TPSA) is 53.4 Å². The molecule has 0 radical (unpaired) electrons. The van der Waals surface area contributed by atoms with E-state index in [1.807, 2.05) is 24.3 Å². The molecule has 0 bridgehead atoms. The van der Waals surface area contributed by atoms with Gasteiger partial charge in [-0.15, -0.1) is 0 Å². The average molecular weight is 369 g/mol. The van der Waals surface area contributed by atoms with Gasteiger partial charge < -0.3 is 10.2 Å². The Morgan fingerprint density at radius 2 is 1.54 bits per heavy atom. The summed E-state index contributed by atoms with van der Waals surface area (Å²) in [4.78, 5) is 4.87. The number of hydrogen-bond acceptors (Lipinski definition) is 3. The van der Waals surface area contributed by atoms with Gasteiger partial charge in [0.15, 0.2) is 0 Å². The van der Waals surface area contributed by atoms with Gasteiger partial charge in [-0.3, -0.25) is 0 Å². The van der Waals surface area contributed by atoms with Crippen LogP contribution in [-0.2, 0) is 6.42 Å². The maximum absolute atomic E-state index is 13.4. The fourth-order valence-electron chi connectivity index (χ4n) is 3.82. The molecular weight excluding hydrogens is 353 g/mol. The minimum Gasteiger partial charge on any atom is -0.508 e. The lowest BCUT2D eigenvalue weighted by molar-refractivity contribution is 0.474. The molecule has 3 nitrogen and oxygen atoms in total. The first-order valence-electron chi connectivity index (χ1n) is 9.00. The number of benzene rings is 3. The van der Waals surface area contributed by atoms with Crippen molar-refractivity contribution >= 4 is 0 Å². The Kier molecular flexibility index (Phi) is 3.66. The van der Waals surface area contributed by atoms with E-state index in [1.165, 1.54) is 12.1 Å². The lowest BCUT2D eigenvalue weighted by atomic mass is 9.96. The molecule has 0 saturated carbocycles. The number of nitrogens with zero attached hydrogens (tertiary/aromatic N) is 1. The van der Waals surface area contributed by atoms with E-state index in [4.69, 9.17) is 4.98 Å². The Bertz CT molecular complexity index is 1220. The van der Waals surface area contributed by atoms with Crippen molar-refractivity contribution in [2.75, 3.05) is 0 Å². The van der Waals surface area contributed by atoms with Crippen molar-refractivity contribution in [1.82, 2.24) is 4.98 Å². The van der Waals surface area contributed by atoms with Crippen molar-refractivity contribution < 1.29 is 14.6 Å². The molecule has 1 aliphatic rings. The summed E-state index contributed by atoms with van der Waals surface area (Å²) in [6, 6.07) is 20.7. The molecule has 4 aromatic rings. The molecule has 0 amide bonds. The minimum atomic E-state index is -0.293. The molecule has 1 heterocycles. The fraction of sp³-hybridized carbons (Fsp3) is 0.0417. The molecule has 1 aromatic heterocycles. The van der Waals surface area contributed by atoms with Gasteiger partial charge in [-0.25, -0.2) is 9.37 Å². The summed E-state index contributed by atoms with van der Waals surface area (Å²) in [5, 5.41) is 19.8. The van der Waals surface area contributed by atoms with Crippen LogP contribution in [0.15, 0.2) is 72.8 Å². The van der Waals surface area contributed by atoms with Crippen LogP contribution in [0.5, 0.6) is 11.5 Å². The van der Waals surface area contributed by atoms with Crippen molar-refractivity contribution in [3.05, 3.63) is 89.7 Å². The highest BCUT2D eigenvalue weighted by Gasteiger charge is 2.25. The largest absolute Gasteiger partial charge is 0.508 e. The van der Waals surface area contributed by atoms with Crippen LogP contribution < -0.4 is 0 Å². The van der Waals surface area contributed by atoms with Gasteiger partial charge in [0.1, 0.15) is 17.3 Å². The average Bonchev–Trinajstić information content (AvgIpc) is 3.05. The zero-order valence-corrected chi connectivity index (χ0v) is 14.9. The van der Waals surface area contributed by atoms with Crippen molar-refractivity contribution in [3.8, 4) is 45.1 Å². The molecule has 0 fully saturated rings. The van der Waals surface area contributed by atoms with Crippen LogP contribution in [-0.4, -0.2) is 15.2 Å². The molecule has 2 N–H and O–H groups in total. The molecule has 0 spiro atoms. The zero-order chi connectivity index (χ0) is 19.3. The number of rotatable bonds is 2. The Labute approximate surface area is 161 Å². The summed E-state index contributed by atoms with van der Waals surface area (Å²) >= 11 is 0. The van der Waals surface area contributed by atoms with E-state index in [9.17, 15) is 14.6 Å². The fourth-order valence-corrected chi connectivity index (χ4v) is 3.82. The van der Waals surface area contributed by atoms with Crippen LogP contribution >= 0.6 is 0 Å². The van der Waals surface area contributed by atoms with E-state index < -0.39 is 0 Å². The summed E-state index contributed by atoms with van der Waals surface area (Å²) < 4.78 is 13.4. The van der Waals surface area contributed by atoms with E-state index in [-0.39, 0.29) is 17.3 Å².